The molecule has 2 rings (SSSR count). The summed E-state index contributed by atoms with van der Waals surface area (Å²) >= 11 is 4.38. The van der Waals surface area contributed by atoms with E-state index >= 15 is 0 Å². The first kappa shape index (κ1) is 15.7. The number of aliphatic hydroxyl groups excluding tert-OH is 1. The van der Waals surface area contributed by atoms with Crippen LogP contribution in [-0.4, -0.2) is 26.2 Å². The number of halogens is 1. The predicted molar refractivity (Wildman–Crippen MR) is 83.4 cm³/mol. The number of nitrogens with one attached hydrogen (secondary N) is 1. The maximum absolute atomic E-state index is 12.2. The van der Waals surface area contributed by atoms with Crippen molar-refractivity contribution in [2.45, 2.75) is 16.7 Å². The van der Waals surface area contributed by atoms with Gasteiger partial charge in [-0.2, -0.15) is 0 Å². The normalized spacial score (nSPS) is 13.3. The summed E-state index contributed by atoms with van der Waals surface area (Å²) in [6.07, 6.45) is 0.448. The molecule has 0 aliphatic rings. The van der Waals surface area contributed by atoms with Gasteiger partial charge in [-0.15, -0.1) is 11.3 Å². The number of aliphatic hydroxyl groups is 1. The summed E-state index contributed by atoms with van der Waals surface area (Å²) in [6.45, 7) is -0.249. The standard InChI is InChI=1S/C13H14BrNO3S2/c14-12-6-7-13(19-12)20(17,18)15-11(9-16)8-10-4-2-1-3-5-10/h1-7,11,15-16H,8-9H2/t11-/m0/s1. The van der Waals surface area contributed by atoms with Gasteiger partial charge in [0.15, 0.2) is 0 Å². The highest BCUT2D eigenvalue weighted by atomic mass is 79.9. The molecule has 0 unspecified atom stereocenters. The van der Waals surface area contributed by atoms with E-state index in [4.69, 9.17) is 0 Å². The lowest BCUT2D eigenvalue weighted by Gasteiger charge is -2.15. The number of rotatable bonds is 6. The van der Waals surface area contributed by atoms with Gasteiger partial charge in [-0.1, -0.05) is 30.3 Å². The van der Waals surface area contributed by atoms with Gasteiger partial charge < -0.3 is 5.11 Å². The highest BCUT2D eigenvalue weighted by molar-refractivity contribution is 9.11. The Labute approximate surface area is 130 Å². The molecule has 0 amide bonds. The van der Waals surface area contributed by atoms with E-state index in [0.29, 0.717) is 6.42 Å². The van der Waals surface area contributed by atoms with Crippen LogP contribution in [0.1, 0.15) is 5.56 Å². The highest BCUT2D eigenvalue weighted by Crippen LogP contribution is 2.26. The molecule has 1 aromatic carbocycles. The Morgan fingerprint density at radius 2 is 1.90 bits per heavy atom. The van der Waals surface area contributed by atoms with Crippen molar-refractivity contribution < 1.29 is 13.5 Å². The van der Waals surface area contributed by atoms with Gasteiger partial charge in [0.2, 0.25) is 10.0 Å². The average Bonchev–Trinajstić information content (AvgIpc) is 2.86. The minimum Gasteiger partial charge on any atom is -0.395 e. The Kier molecular flexibility index (Phi) is 5.34. The van der Waals surface area contributed by atoms with Crippen molar-refractivity contribution in [3.63, 3.8) is 0 Å². The average molecular weight is 376 g/mol. The molecule has 0 spiro atoms. The van der Waals surface area contributed by atoms with Crippen molar-refractivity contribution in [1.29, 1.82) is 0 Å². The monoisotopic (exact) mass is 375 g/mol. The molecule has 1 heterocycles. The van der Waals surface area contributed by atoms with E-state index in [0.717, 1.165) is 20.7 Å². The number of benzene rings is 1. The molecule has 2 aromatic rings. The van der Waals surface area contributed by atoms with Crippen LogP contribution in [0, 0.1) is 0 Å². The van der Waals surface area contributed by atoms with E-state index in [9.17, 15) is 13.5 Å². The summed E-state index contributed by atoms with van der Waals surface area (Å²) < 4.78 is 27.9. The fourth-order valence-electron chi connectivity index (χ4n) is 1.76. The van der Waals surface area contributed by atoms with Crippen LogP contribution in [-0.2, 0) is 16.4 Å². The van der Waals surface area contributed by atoms with Crippen LogP contribution in [0.4, 0.5) is 0 Å². The zero-order valence-corrected chi connectivity index (χ0v) is 13.7. The second-order valence-corrected chi connectivity index (χ2v) is 8.65. The van der Waals surface area contributed by atoms with E-state index in [1.165, 1.54) is 6.07 Å². The minimum atomic E-state index is -3.59. The molecule has 0 aliphatic carbocycles. The largest absolute Gasteiger partial charge is 0.395 e. The summed E-state index contributed by atoms with van der Waals surface area (Å²) in [5.74, 6) is 0. The Bertz CT molecular complexity index is 655. The second kappa shape index (κ2) is 6.82. The fourth-order valence-corrected chi connectivity index (χ4v) is 5.02. The maximum Gasteiger partial charge on any atom is 0.250 e. The molecule has 1 aromatic heterocycles. The van der Waals surface area contributed by atoms with Gasteiger partial charge in [0.25, 0.3) is 0 Å². The lowest BCUT2D eigenvalue weighted by atomic mass is 10.1. The lowest BCUT2D eigenvalue weighted by molar-refractivity contribution is 0.256. The van der Waals surface area contributed by atoms with E-state index < -0.39 is 16.1 Å². The molecule has 0 radical (unpaired) electrons. The van der Waals surface area contributed by atoms with E-state index in [1.807, 2.05) is 30.3 Å². The van der Waals surface area contributed by atoms with Crippen LogP contribution in [0.2, 0.25) is 0 Å². The third kappa shape index (κ3) is 4.13. The summed E-state index contributed by atoms with van der Waals surface area (Å²) in [5.41, 5.74) is 0.974. The van der Waals surface area contributed by atoms with Gasteiger partial charge in [0.05, 0.1) is 10.4 Å². The molecule has 20 heavy (non-hydrogen) atoms. The molecule has 0 saturated heterocycles. The molecule has 108 valence electrons. The molecule has 4 nitrogen and oxygen atoms in total. The summed E-state index contributed by atoms with van der Waals surface area (Å²) in [4.78, 5) is 0. The van der Waals surface area contributed by atoms with E-state index in [1.54, 1.807) is 6.07 Å². The van der Waals surface area contributed by atoms with Crippen molar-refractivity contribution in [2.24, 2.45) is 0 Å². The zero-order chi connectivity index (χ0) is 14.6. The number of hydrogen-bond donors (Lipinski definition) is 2. The smallest absolute Gasteiger partial charge is 0.250 e. The van der Waals surface area contributed by atoms with Gasteiger partial charge in [-0.05, 0) is 40.0 Å². The van der Waals surface area contributed by atoms with Crippen LogP contribution in [0.25, 0.3) is 0 Å². The predicted octanol–water partition coefficient (Wildman–Crippen LogP) is 2.39. The maximum atomic E-state index is 12.2. The van der Waals surface area contributed by atoms with E-state index in [2.05, 4.69) is 20.7 Å². The van der Waals surface area contributed by atoms with Crippen molar-refractivity contribution >= 4 is 37.3 Å². The van der Waals surface area contributed by atoms with Crippen molar-refractivity contribution in [3.8, 4) is 0 Å². The number of thiophene rings is 1. The van der Waals surface area contributed by atoms with Crippen LogP contribution in [0.5, 0.6) is 0 Å². The minimum absolute atomic E-state index is 0.232. The summed E-state index contributed by atoms with van der Waals surface area (Å²) in [6, 6.07) is 12.1. The molecular formula is C13H14BrNO3S2. The van der Waals surface area contributed by atoms with Crippen molar-refractivity contribution in [1.82, 2.24) is 4.72 Å². The first-order chi connectivity index (χ1) is 9.51. The first-order valence-corrected chi connectivity index (χ1v) is 9.03. The lowest BCUT2D eigenvalue weighted by Crippen LogP contribution is -2.38. The number of hydrogen-bond acceptors (Lipinski definition) is 4. The molecule has 0 fully saturated rings. The summed E-state index contributed by atoms with van der Waals surface area (Å²) in [5, 5.41) is 9.37. The number of sulfonamides is 1. The van der Waals surface area contributed by atoms with Crippen molar-refractivity contribution in [2.75, 3.05) is 6.61 Å². The van der Waals surface area contributed by atoms with Crippen LogP contribution >= 0.6 is 27.3 Å². The zero-order valence-electron chi connectivity index (χ0n) is 10.5. The quantitative estimate of drug-likeness (QED) is 0.814. The topological polar surface area (TPSA) is 66.4 Å². The molecule has 0 saturated carbocycles. The van der Waals surface area contributed by atoms with Gasteiger partial charge >= 0.3 is 0 Å². The molecular weight excluding hydrogens is 362 g/mol. The highest BCUT2D eigenvalue weighted by Gasteiger charge is 2.21. The first-order valence-electron chi connectivity index (χ1n) is 5.94. The Balaban J connectivity index is 2.10. The fraction of sp³-hybridized carbons (Fsp3) is 0.231. The Morgan fingerprint density at radius 3 is 2.45 bits per heavy atom. The summed E-state index contributed by atoms with van der Waals surface area (Å²) in [7, 11) is -3.59. The van der Waals surface area contributed by atoms with Crippen molar-refractivity contribution in [3.05, 3.63) is 51.8 Å². The molecule has 1 atom stereocenters. The SMILES string of the molecule is O=S(=O)(N[C@H](CO)Cc1ccccc1)c1ccc(Br)s1. The van der Waals surface area contributed by atoms with Crippen LogP contribution in [0.15, 0.2) is 50.5 Å². The third-order valence-corrected chi connectivity index (χ3v) is 6.32. The molecule has 0 aliphatic heterocycles. The Hall–Kier alpha value is -0.730. The van der Waals surface area contributed by atoms with Crippen LogP contribution in [0.3, 0.4) is 0 Å². The van der Waals surface area contributed by atoms with E-state index in [-0.39, 0.29) is 10.8 Å². The molecule has 0 bridgehead atoms. The van der Waals surface area contributed by atoms with Crippen LogP contribution < -0.4 is 4.72 Å². The second-order valence-electron chi connectivity index (χ2n) is 4.25. The Morgan fingerprint density at radius 1 is 1.20 bits per heavy atom. The molecule has 2 N–H and O–H groups in total. The van der Waals surface area contributed by atoms with Gasteiger partial charge in [-0.25, -0.2) is 13.1 Å². The third-order valence-electron chi connectivity index (χ3n) is 2.68. The molecule has 7 heteroatoms. The van der Waals surface area contributed by atoms with Gasteiger partial charge in [0, 0.05) is 6.04 Å². The van der Waals surface area contributed by atoms with Gasteiger partial charge in [-0.3, -0.25) is 0 Å². The van der Waals surface area contributed by atoms with Gasteiger partial charge in [0.1, 0.15) is 4.21 Å².